The van der Waals surface area contributed by atoms with Crippen molar-refractivity contribution >= 4 is 20.2 Å². The van der Waals surface area contributed by atoms with Gasteiger partial charge >= 0.3 is 0 Å². The average molecular weight is 236 g/mol. The molecule has 49 valence electrons. The second-order valence-corrected chi connectivity index (χ2v) is 2.86. The van der Waals surface area contributed by atoms with Gasteiger partial charge in [-0.15, -0.1) is 0 Å². The van der Waals surface area contributed by atoms with Crippen LogP contribution in [0.3, 0.4) is 0 Å². The van der Waals surface area contributed by atoms with Crippen LogP contribution in [0.1, 0.15) is 0 Å². The maximum Gasteiger partial charge on any atom is 0.0242 e. The molecule has 0 aromatic heterocycles. The summed E-state index contributed by atoms with van der Waals surface area (Å²) >= 11 is 0. The van der Waals surface area contributed by atoms with E-state index >= 15 is 0 Å². The van der Waals surface area contributed by atoms with Crippen LogP contribution in [0.25, 0.3) is 0 Å². The van der Waals surface area contributed by atoms with Crippen LogP contribution in [0.4, 0.5) is 0 Å². The molecule has 0 aromatic carbocycles. The second-order valence-electron chi connectivity index (χ2n) is 0.408. The summed E-state index contributed by atoms with van der Waals surface area (Å²) in [7, 11) is -5.90. The Bertz CT molecular complexity index is 75.7. The molecule has 0 aromatic rings. The Morgan fingerprint density at radius 2 is 1.14 bits per heavy atom. The monoisotopic (exact) mass is 235 g/mol. The SMILES string of the molecule is O=S([O-])S(=O)[O-].[Ag]. The second kappa shape index (κ2) is 5.10. The van der Waals surface area contributed by atoms with Gasteiger partial charge in [-0.2, -0.15) is 0 Å². The molecule has 0 heterocycles. The third-order valence-corrected chi connectivity index (χ3v) is 1.00. The number of hydrogen-bond acceptors (Lipinski definition) is 4. The Labute approximate surface area is 60.2 Å². The molecule has 1 radical (unpaired) electrons. The van der Waals surface area contributed by atoms with Crippen LogP contribution in [0.2, 0.25) is 0 Å². The van der Waals surface area contributed by atoms with Crippen molar-refractivity contribution in [3.8, 4) is 0 Å². The summed E-state index contributed by atoms with van der Waals surface area (Å²) in [5, 5.41) is 0. The van der Waals surface area contributed by atoms with E-state index in [-0.39, 0.29) is 22.4 Å². The molecule has 7 heavy (non-hydrogen) atoms. The first kappa shape index (κ1) is 10.9. The molecule has 0 saturated carbocycles. The van der Waals surface area contributed by atoms with Gasteiger partial charge < -0.3 is 9.11 Å². The fourth-order valence-corrected chi connectivity index (χ4v) is 0. The zero-order valence-electron chi connectivity index (χ0n) is 2.75. The van der Waals surface area contributed by atoms with Crippen molar-refractivity contribution in [2.45, 2.75) is 0 Å². The van der Waals surface area contributed by atoms with E-state index in [4.69, 9.17) is 17.5 Å². The summed E-state index contributed by atoms with van der Waals surface area (Å²) in [6.07, 6.45) is 0. The third-order valence-electron chi connectivity index (χ3n) is 0.111. The Morgan fingerprint density at radius 3 is 1.14 bits per heavy atom. The maximum atomic E-state index is 9.09. The Balaban J connectivity index is 0. The van der Waals surface area contributed by atoms with E-state index in [1.54, 1.807) is 0 Å². The van der Waals surface area contributed by atoms with Crippen LogP contribution in [-0.2, 0) is 42.6 Å². The van der Waals surface area contributed by atoms with E-state index < -0.39 is 20.2 Å². The molecule has 0 saturated heterocycles. The Kier molecular flexibility index (Phi) is 7.92. The molecule has 2 atom stereocenters. The molecule has 0 N–H and O–H groups in total. The summed E-state index contributed by atoms with van der Waals surface area (Å²) < 4.78 is 36.3. The first-order chi connectivity index (χ1) is 2.64. The Morgan fingerprint density at radius 1 is 1.00 bits per heavy atom. The maximum absolute atomic E-state index is 9.09. The molecule has 4 nitrogen and oxygen atoms in total. The summed E-state index contributed by atoms with van der Waals surface area (Å²) in [5.41, 5.74) is 0. The van der Waals surface area contributed by atoms with E-state index in [0.717, 1.165) is 0 Å². The van der Waals surface area contributed by atoms with Gasteiger partial charge in [-0.1, -0.05) is 0 Å². The van der Waals surface area contributed by atoms with Gasteiger partial charge in [-0.25, -0.2) is 0 Å². The van der Waals surface area contributed by atoms with Gasteiger partial charge in [0.15, 0.2) is 0 Å². The van der Waals surface area contributed by atoms with Crippen molar-refractivity contribution in [3.63, 3.8) is 0 Å². The largest absolute Gasteiger partial charge is 0.763 e. The minimum atomic E-state index is -2.95. The molecule has 0 amide bonds. The van der Waals surface area contributed by atoms with Crippen LogP contribution in [0.15, 0.2) is 0 Å². The van der Waals surface area contributed by atoms with Crippen LogP contribution in [-0.4, -0.2) is 17.5 Å². The molecule has 2 unspecified atom stereocenters. The van der Waals surface area contributed by atoms with Gasteiger partial charge in [0.2, 0.25) is 0 Å². The molecule has 0 aliphatic rings. The summed E-state index contributed by atoms with van der Waals surface area (Å²) in [6, 6.07) is 0. The molecule has 0 aliphatic heterocycles. The van der Waals surface area contributed by atoms with Gasteiger partial charge in [0, 0.05) is 42.6 Å². The smallest absolute Gasteiger partial charge is 0.0242 e. The predicted octanol–water partition coefficient (Wildman–Crippen LogP) is -1.34. The molecule has 0 rings (SSSR count). The van der Waals surface area contributed by atoms with E-state index in [9.17, 15) is 0 Å². The Hall–Kier alpha value is 0.960. The van der Waals surface area contributed by atoms with Crippen molar-refractivity contribution in [1.29, 1.82) is 0 Å². The summed E-state index contributed by atoms with van der Waals surface area (Å²) in [6.45, 7) is 0. The number of rotatable bonds is 1. The zero-order chi connectivity index (χ0) is 5.15. The van der Waals surface area contributed by atoms with Crippen molar-refractivity contribution in [2.75, 3.05) is 0 Å². The third kappa shape index (κ3) is 6.96. The quantitative estimate of drug-likeness (QED) is 0.320. The first-order valence-corrected chi connectivity index (χ1v) is 3.50. The number of hydrogen-bond donors (Lipinski definition) is 0. The fourth-order valence-electron chi connectivity index (χ4n) is 0. The first-order valence-electron chi connectivity index (χ1n) is 0.833. The fraction of sp³-hybridized carbons (Fsp3) is 0. The van der Waals surface area contributed by atoms with E-state index in [2.05, 4.69) is 0 Å². The zero-order valence-corrected chi connectivity index (χ0v) is 5.87. The molecule has 0 bridgehead atoms. The van der Waals surface area contributed by atoms with Crippen LogP contribution >= 0.6 is 0 Å². The van der Waals surface area contributed by atoms with Gasteiger partial charge in [0.05, 0.1) is 0 Å². The predicted molar refractivity (Wildman–Crippen MR) is 17.8 cm³/mol. The van der Waals surface area contributed by atoms with Crippen molar-refractivity contribution in [1.82, 2.24) is 0 Å². The van der Waals surface area contributed by atoms with Gasteiger partial charge in [0.25, 0.3) is 0 Å². The van der Waals surface area contributed by atoms with Gasteiger partial charge in [0.1, 0.15) is 0 Å². The molecule has 0 aliphatic carbocycles. The normalized spacial score (nSPS) is 16.9. The molecular formula is AgO4S2-2. The molecule has 0 spiro atoms. The van der Waals surface area contributed by atoms with Crippen molar-refractivity contribution in [3.05, 3.63) is 0 Å². The van der Waals surface area contributed by atoms with Crippen molar-refractivity contribution < 1.29 is 39.9 Å². The standard InChI is InChI=1S/Ag.H2O4S2/c;1-5(2)6(3)4/h;(H,1,2)(H,3,4)/p-2. The van der Waals surface area contributed by atoms with Crippen molar-refractivity contribution in [2.24, 2.45) is 0 Å². The van der Waals surface area contributed by atoms with Gasteiger partial charge in [-0.3, -0.25) is 8.42 Å². The van der Waals surface area contributed by atoms with E-state index in [1.807, 2.05) is 0 Å². The van der Waals surface area contributed by atoms with Crippen LogP contribution < -0.4 is 0 Å². The molecular weight excluding hydrogens is 236 g/mol. The average Bonchev–Trinajstić information content (AvgIpc) is 1.36. The minimum absolute atomic E-state index is 0. The summed E-state index contributed by atoms with van der Waals surface area (Å²) in [4.78, 5) is 0. The van der Waals surface area contributed by atoms with E-state index in [0.29, 0.717) is 0 Å². The summed E-state index contributed by atoms with van der Waals surface area (Å²) in [5.74, 6) is 0. The molecule has 7 heteroatoms. The minimum Gasteiger partial charge on any atom is -0.763 e. The van der Waals surface area contributed by atoms with E-state index in [1.165, 1.54) is 0 Å². The topological polar surface area (TPSA) is 80.3 Å². The van der Waals surface area contributed by atoms with Gasteiger partial charge in [-0.05, 0) is 0 Å². The van der Waals surface area contributed by atoms with Crippen LogP contribution in [0.5, 0.6) is 0 Å². The molecule has 0 fully saturated rings. The van der Waals surface area contributed by atoms with Crippen LogP contribution in [0, 0.1) is 0 Å².